The predicted molar refractivity (Wildman–Crippen MR) is 108 cm³/mol. The smallest absolute Gasteiger partial charge is 0.337 e. The molecule has 0 atom stereocenters. The molecule has 1 N–H and O–H groups in total. The lowest BCUT2D eigenvalue weighted by molar-refractivity contribution is -0.137. The Hall–Kier alpha value is -2.58. The highest BCUT2D eigenvalue weighted by atomic mass is 35.5. The van der Waals surface area contributed by atoms with Gasteiger partial charge in [-0.1, -0.05) is 29.8 Å². The monoisotopic (exact) mass is 439 g/mol. The van der Waals surface area contributed by atoms with Crippen molar-refractivity contribution >= 4 is 29.1 Å². The van der Waals surface area contributed by atoms with E-state index in [9.17, 15) is 22.8 Å². The van der Waals surface area contributed by atoms with E-state index >= 15 is 0 Å². The number of hydrogen-bond acceptors (Lipinski definition) is 3. The number of nitrogens with zero attached hydrogens (tertiary/aromatic N) is 2. The van der Waals surface area contributed by atoms with Crippen molar-refractivity contribution in [1.82, 2.24) is 9.80 Å². The van der Waals surface area contributed by atoms with Gasteiger partial charge in [-0.2, -0.15) is 13.2 Å². The SMILES string of the molecule is O=C(CN1CCCN(C(=O)c2cccc(Cl)c2)CC1)Nc1ccccc1C(F)(F)F. The highest BCUT2D eigenvalue weighted by Gasteiger charge is 2.33. The normalized spacial score (nSPS) is 15.5. The van der Waals surface area contributed by atoms with Crippen molar-refractivity contribution in [3.05, 3.63) is 64.7 Å². The Kier molecular flexibility index (Phi) is 6.99. The summed E-state index contributed by atoms with van der Waals surface area (Å²) in [4.78, 5) is 28.5. The molecule has 0 saturated carbocycles. The lowest BCUT2D eigenvalue weighted by Gasteiger charge is -2.22. The maximum atomic E-state index is 13.1. The molecule has 1 heterocycles. The molecule has 2 aromatic carbocycles. The van der Waals surface area contributed by atoms with E-state index < -0.39 is 17.6 Å². The molecule has 0 radical (unpaired) electrons. The quantitative estimate of drug-likeness (QED) is 0.778. The second-order valence-corrected chi connectivity index (χ2v) is 7.46. The van der Waals surface area contributed by atoms with E-state index in [-0.39, 0.29) is 18.1 Å². The summed E-state index contributed by atoms with van der Waals surface area (Å²) in [6.07, 6.45) is -3.90. The highest BCUT2D eigenvalue weighted by molar-refractivity contribution is 6.30. The molecule has 160 valence electrons. The third-order valence-electron chi connectivity index (χ3n) is 4.82. The maximum Gasteiger partial charge on any atom is 0.418 e. The first-order chi connectivity index (χ1) is 14.2. The summed E-state index contributed by atoms with van der Waals surface area (Å²) in [5, 5.41) is 2.83. The van der Waals surface area contributed by atoms with Crippen LogP contribution in [0.25, 0.3) is 0 Å². The number of alkyl halides is 3. The molecular formula is C21H21ClF3N3O2. The molecule has 1 aliphatic heterocycles. The minimum absolute atomic E-state index is 0.0502. The van der Waals surface area contributed by atoms with Gasteiger partial charge in [-0.3, -0.25) is 14.5 Å². The fourth-order valence-electron chi connectivity index (χ4n) is 3.37. The summed E-state index contributed by atoms with van der Waals surface area (Å²) >= 11 is 5.95. The van der Waals surface area contributed by atoms with Gasteiger partial charge in [0.05, 0.1) is 17.8 Å². The molecule has 0 aliphatic carbocycles. The van der Waals surface area contributed by atoms with Crippen LogP contribution in [0.5, 0.6) is 0 Å². The van der Waals surface area contributed by atoms with Crippen molar-refractivity contribution in [3.8, 4) is 0 Å². The molecule has 1 fully saturated rings. The molecule has 0 spiro atoms. The third-order valence-corrected chi connectivity index (χ3v) is 5.06. The van der Waals surface area contributed by atoms with Crippen LogP contribution in [-0.4, -0.2) is 54.3 Å². The van der Waals surface area contributed by atoms with Crippen molar-refractivity contribution in [1.29, 1.82) is 0 Å². The van der Waals surface area contributed by atoms with Crippen molar-refractivity contribution in [2.75, 3.05) is 38.0 Å². The van der Waals surface area contributed by atoms with E-state index in [1.165, 1.54) is 18.2 Å². The topological polar surface area (TPSA) is 52.7 Å². The number of carbonyl (C=O) groups excluding carboxylic acids is 2. The van der Waals surface area contributed by atoms with Crippen molar-refractivity contribution in [2.24, 2.45) is 0 Å². The van der Waals surface area contributed by atoms with Crippen LogP contribution in [0.4, 0.5) is 18.9 Å². The van der Waals surface area contributed by atoms with E-state index in [2.05, 4.69) is 5.32 Å². The summed E-state index contributed by atoms with van der Waals surface area (Å²) in [5.41, 5.74) is -0.646. The molecule has 2 amide bonds. The summed E-state index contributed by atoms with van der Waals surface area (Å²) in [5.74, 6) is -0.663. The Labute approximate surface area is 177 Å². The molecule has 30 heavy (non-hydrogen) atoms. The van der Waals surface area contributed by atoms with Gasteiger partial charge in [-0.05, 0) is 36.8 Å². The Morgan fingerprint density at radius 2 is 1.77 bits per heavy atom. The van der Waals surface area contributed by atoms with E-state index in [1.54, 1.807) is 29.2 Å². The van der Waals surface area contributed by atoms with E-state index in [0.717, 1.165) is 6.07 Å². The van der Waals surface area contributed by atoms with Gasteiger partial charge >= 0.3 is 6.18 Å². The number of benzene rings is 2. The first-order valence-electron chi connectivity index (χ1n) is 9.47. The van der Waals surface area contributed by atoms with Crippen LogP contribution in [0.1, 0.15) is 22.3 Å². The molecule has 1 aliphatic rings. The zero-order valence-corrected chi connectivity index (χ0v) is 16.8. The Bertz CT molecular complexity index is 920. The van der Waals surface area contributed by atoms with Gasteiger partial charge in [0.1, 0.15) is 0 Å². The molecule has 5 nitrogen and oxygen atoms in total. The molecule has 0 bridgehead atoms. The minimum atomic E-state index is -4.55. The average Bonchev–Trinajstić information content (AvgIpc) is 2.92. The van der Waals surface area contributed by atoms with Crippen LogP contribution in [0, 0.1) is 0 Å². The number of carbonyl (C=O) groups is 2. The molecule has 0 unspecified atom stereocenters. The highest BCUT2D eigenvalue weighted by Crippen LogP contribution is 2.34. The van der Waals surface area contributed by atoms with Crippen molar-refractivity contribution < 1.29 is 22.8 Å². The lowest BCUT2D eigenvalue weighted by atomic mass is 10.1. The molecule has 0 aromatic heterocycles. The third kappa shape index (κ3) is 5.73. The van der Waals surface area contributed by atoms with Crippen LogP contribution < -0.4 is 5.32 Å². The molecule has 9 heteroatoms. The summed E-state index contributed by atoms with van der Waals surface area (Å²) in [6.45, 7) is 1.90. The molecular weight excluding hydrogens is 419 g/mol. The van der Waals surface area contributed by atoms with Gasteiger partial charge in [0.15, 0.2) is 0 Å². The number of halogens is 4. The second-order valence-electron chi connectivity index (χ2n) is 7.02. The van der Waals surface area contributed by atoms with Crippen molar-refractivity contribution in [3.63, 3.8) is 0 Å². The van der Waals surface area contributed by atoms with Gasteiger partial charge in [-0.15, -0.1) is 0 Å². The standard InChI is InChI=1S/C21H21ClF3N3O2/c22-16-6-3-5-15(13-16)20(30)28-10-4-9-27(11-12-28)14-19(29)26-18-8-2-1-7-17(18)21(23,24)25/h1-3,5-8,13H,4,9-12,14H2,(H,26,29). The van der Waals surface area contributed by atoms with Gasteiger partial charge in [0.2, 0.25) is 5.91 Å². The maximum absolute atomic E-state index is 13.1. The van der Waals surface area contributed by atoms with Crippen LogP contribution in [0.15, 0.2) is 48.5 Å². The zero-order chi connectivity index (χ0) is 21.7. The number of hydrogen-bond donors (Lipinski definition) is 1. The van der Waals surface area contributed by atoms with E-state index in [0.29, 0.717) is 43.2 Å². The van der Waals surface area contributed by atoms with Crippen molar-refractivity contribution in [2.45, 2.75) is 12.6 Å². The fourth-order valence-corrected chi connectivity index (χ4v) is 3.56. The Balaban J connectivity index is 1.58. The van der Waals surface area contributed by atoms with E-state index in [4.69, 9.17) is 11.6 Å². The summed E-state index contributed by atoms with van der Waals surface area (Å²) in [7, 11) is 0. The van der Waals surface area contributed by atoms with Gasteiger partial charge in [-0.25, -0.2) is 0 Å². The van der Waals surface area contributed by atoms with E-state index in [1.807, 2.05) is 4.90 Å². The van der Waals surface area contributed by atoms with Crippen LogP contribution >= 0.6 is 11.6 Å². The largest absolute Gasteiger partial charge is 0.418 e. The molecule has 3 rings (SSSR count). The number of para-hydroxylation sites is 1. The van der Waals surface area contributed by atoms with Crippen LogP contribution in [0.3, 0.4) is 0 Å². The number of nitrogens with one attached hydrogen (secondary N) is 1. The lowest BCUT2D eigenvalue weighted by Crippen LogP contribution is -2.38. The van der Waals surface area contributed by atoms with Gasteiger partial charge in [0, 0.05) is 36.8 Å². The summed E-state index contributed by atoms with van der Waals surface area (Å²) in [6, 6.07) is 11.6. The fraction of sp³-hybridized carbons (Fsp3) is 0.333. The number of amides is 2. The summed E-state index contributed by atoms with van der Waals surface area (Å²) < 4.78 is 39.3. The number of anilines is 1. The van der Waals surface area contributed by atoms with Gasteiger partial charge in [0.25, 0.3) is 5.91 Å². The minimum Gasteiger partial charge on any atom is -0.337 e. The average molecular weight is 440 g/mol. The zero-order valence-electron chi connectivity index (χ0n) is 16.1. The predicted octanol–water partition coefficient (Wildman–Crippen LogP) is 4.15. The second kappa shape index (κ2) is 9.49. The van der Waals surface area contributed by atoms with Crippen LogP contribution in [0.2, 0.25) is 5.02 Å². The first-order valence-corrected chi connectivity index (χ1v) is 9.85. The van der Waals surface area contributed by atoms with Crippen LogP contribution in [-0.2, 0) is 11.0 Å². The molecule has 1 saturated heterocycles. The Morgan fingerprint density at radius 1 is 1.00 bits per heavy atom. The Morgan fingerprint density at radius 3 is 2.50 bits per heavy atom. The number of rotatable bonds is 4. The first kappa shape index (κ1) is 22.1. The van der Waals surface area contributed by atoms with Gasteiger partial charge < -0.3 is 10.2 Å². The molecule has 2 aromatic rings.